The van der Waals surface area contributed by atoms with Crippen LogP contribution in [0.5, 0.6) is 0 Å². The van der Waals surface area contributed by atoms with E-state index < -0.39 is 0 Å². The lowest BCUT2D eigenvalue weighted by atomic mass is 9.97. The third-order valence-electron chi connectivity index (χ3n) is 5.45. The maximum absolute atomic E-state index is 5.56. The predicted octanol–water partition coefficient (Wildman–Crippen LogP) is 4.15. The Labute approximate surface area is 165 Å². The van der Waals surface area contributed by atoms with Crippen LogP contribution in [0.1, 0.15) is 40.3 Å². The molecule has 0 radical (unpaired) electrons. The van der Waals surface area contributed by atoms with Crippen molar-refractivity contribution in [3.05, 3.63) is 89.0 Å². The van der Waals surface area contributed by atoms with Crippen molar-refractivity contribution >= 4 is 17.3 Å². The Hall–Kier alpha value is -2.66. The molecule has 0 unspecified atom stereocenters. The van der Waals surface area contributed by atoms with Gasteiger partial charge in [-0.05, 0) is 55.4 Å². The summed E-state index contributed by atoms with van der Waals surface area (Å²) in [6.07, 6.45) is 1.84. The van der Waals surface area contributed by atoms with E-state index in [0.29, 0.717) is 0 Å². The molecule has 3 heterocycles. The van der Waals surface area contributed by atoms with Crippen LogP contribution in [0.25, 0.3) is 0 Å². The molecule has 1 aromatic carbocycles. The van der Waals surface area contributed by atoms with Crippen LogP contribution in [-0.4, -0.2) is 26.6 Å². The zero-order valence-corrected chi connectivity index (χ0v) is 16.7. The largest absolute Gasteiger partial charge is 0.352 e. The molecule has 0 amide bonds. The summed E-state index contributed by atoms with van der Waals surface area (Å²) in [6, 6.07) is 19.1. The number of thiocarbonyl (C=S) groups is 1. The van der Waals surface area contributed by atoms with Crippen LogP contribution in [0.4, 0.5) is 0 Å². The van der Waals surface area contributed by atoms with Gasteiger partial charge in [0.2, 0.25) is 0 Å². The van der Waals surface area contributed by atoms with Gasteiger partial charge >= 0.3 is 0 Å². The first-order valence-corrected chi connectivity index (χ1v) is 9.62. The molecule has 5 heteroatoms. The number of benzene rings is 1. The number of hydrogen-bond donors (Lipinski definition) is 1. The number of hydrogen-bond acceptors (Lipinski definition) is 2. The lowest BCUT2D eigenvalue weighted by Gasteiger charge is -2.24. The summed E-state index contributed by atoms with van der Waals surface area (Å²) in [7, 11) is 2.06. The van der Waals surface area contributed by atoms with E-state index in [1.165, 1.54) is 22.5 Å². The molecule has 1 N–H and O–H groups in total. The van der Waals surface area contributed by atoms with Gasteiger partial charge in [0.05, 0.1) is 17.8 Å². The molecule has 0 aliphatic carbocycles. The molecule has 1 aliphatic rings. The smallest absolute Gasteiger partial charge is 0.169 e. The Morgan fingerprint density at radius 1 is 1.07 bits per heavy atom. The Morgan fingerprint density at radius 3 is 2.52 bits per heavy atom. The lowest BCUT2D eigenvalue weighted by Crippen LogP contribution is -2.25. The highest BCUT2D eigenvalue weighted by atomic mass is 32.1. The summed E-state index contributed by atoms with van der Waals surface area (Å²) in [5, 5.41) is 4.23. The summed E-state index contributed by atoms with van der Waals surface area (Å²) < 4.78 is 2.38. The van der Waals surface area contributed by atoms with E-state index in [1.54, 1.807) is 0 Å². The third kappa shape index (κ3) is 3.23. The van der Waals surface area contributed by atoms with Gasteiger partial charge in [-0.15, -0.1) is 0 Å². The maximum atomic E-state index is 5.56. The first-order chi connectivity index (χ1) is 13.1. The quantitative estimate of drug-likeness (QED) is 0.694. The van der Waals surface area contributed by atoms with Crippen LogP contribution in [0.3, 0.4) is 0 Å². The molecule has 0 spiro atoms. The molecule has 1 fully saturated rings. The minimum atomic E-state index is 0.0503. The number of pyridine rings is 1. The van der Waals surface area contributed by atoms with E-state index in [1.807, 2.05) is 18.3 Å². The number of likely N-dealkylation sites (N-methyl/N-ethyl adjacent to an activating group) is 1. The summed E-state index contributed by atoms with van der Waals surface area (Å²) in [5.41, 5.74) is 6.16. The molecule has 0 bridgehead atoms. The van der Waals surface area contributed by atoms with E-state index in [2.05, 4.69) is 83.1 Å². The van der Waals surface area contributed by atoms with Crippen molar-refractivity contribution in [1.82, 2.24) is 19.8 Å². The minimum absolute atomic E-state index is 0.0503. The molecule has 4 rings (SSSR count). The van der Waals surface area contributed by atoms with Crippen molar-refractivity contribution in [3.8, 4) is 0 Å². The van der Waals surface area contributed by atoms with Gasteiger partial charge in [0.15, 0.2) is 5.11 Å². The fraction of sp³-hybridized carbons (Fsp3) is 0.273. The van der Waals surface area contributed by atoms with Crippen LogP contribution in [0, 0.1) is 13.8 Å². The lowest BCUT2D eigenvalue weighted by molar-refractivity contribution is 0.366. The van der Waals surface area contributed by atoms with Crippen molar-refractivity contribution in [2.45, 2.75) is 32.5 Å². The summed E-state index contributed by atoms with van der Waals surface area (Å²) >= 11 is 5.56. The number of nitrogens with one attached hydrogen (secondary N) is 1. The molecule has 2 atom stereocenters. The van der Waals surface area contributed by atoms with Gasteiger partial charge in [-0.3, -0.25) is 4.98 Å². The molecule has 1 saturated heterocycles. The number of aromatic nitrogens is 2. The van der Waals surface area contributed by atoms with Crippen LogP contribution < -0.4 is 5.32 Å². The van der Waals surface area contributed by atoms with E-state index in [4.69, 9.17) is 12.2 Å². The molecule has 3 aromatic rings. The second-order valence-corrected chi connectivity index (χ2v) is 7.52. The summed E-state index contributed by atoms with van der Waals surface area (Å²) in [6.45, 7) is 5.26. The van der Waals surface area contributed by atoms with Crippen molar-refractivity contribution < 1.29 is 0 Å². The van der Waals surface area contributed by atoms with Gasteiger partial charge in [-0.2, -0.15) is 0 Å². The van der Waals surface area contributed by atoms with Gasteiger partial charge in [-0.1, -0.05) is 36.4 Å². The zero-order valence-electron chi connectivity index (χ0n) is 15.9. The summed E-state index contributed by atoms with van der Waals surface area (Å²) in [5.74, 6) is 0. The van der Waals surface area contributed by atoms with E-state index in [9.17, 15) is 0 Å². The number of aryl methyl sites for hydroxylation is 1. The molecular formula is C22H24N4S. The van der Waals surface area contributed by atoms with Crippen molar-refractivity contribution in [2.24, 2.45) is 0 Å². The van der Waals surface area contributed by atoms with E-state index in [0.717, 1.165) is 17.4 Å². The van der Waals surface area contributed by atoms with Crippen molar-refractivity contribution in [1.29, 1.82) is 0 Å². The van der Waals surface area contributed by atoms with Crippen LogP contribution in [-0.2, 0) is 6.54 Å². The Morgan fingerprint density at radius 2 is 1.81 bits per heavy atom. The van der Waals surface area contributed by atoms with Crippen LogP contribution >= 0.6 is 12.2 Å². The van der Waals surface area contributed by atoms with Gasteiger partial charge in [0.1, 0.15) is 0 Å². The molecule has 1 aliphatic heterocycles. The highest BCUT2D eigenvalue weighted by molar-refractivity contribution is 7.80. The standard InChI is InChI=1S/C22H24N4S/c1-15-13-18(16(2)26(15)14-17-9-5-4-6-10-17)21-20(24-22(27)25(21)3)19-11-7-8-12-23-19/h4-13,20-21H,14H2,1-3H3,(H,24,27)/t20-,21-/m0/s1. The molecule has 2 aromatic heterocycles. The Balaban J connectivity index is 1.73. The van der Waals surface area contributed by atoms with E-state index >= 15 is 0 Å². The number of rotatable bonds is 4. The highest BCUT2D eigenvalue weighted by Gasteiger charge is 2.39. The predicted molar refractivity (Wildman–Crippen MR) is 113 cm³/mol. The minimum Gasteiger partial charge on any atom is -0.352 e. The van der Waals surface area contributed by atoms with Gasteiger partial charge in [0.25, 0.3) is 0 Å². The normalized spacial score (nSPS) is 19.4. The van der Waals surface area contributed by atoms with Gasteiger partial charge in [-0.25, -0.2) is 0 Å². The third-order valence-corrected chi connectivity index (χ3v) is 5.86. The van der Waals surface area contributed by atoms with E-state index in [-0.39, 0.29) is 12.1 Å². The van der Waals surface area contributed by atoms with Crippen LogP contribution in [0.2, 0.25) is 0 Å². The second kappa shape index (κ2) is 7.16. The summed E-state index contributed by atoms with van der Waals surface area (Å²) in [4.78, 5) is 6.73. The SMILES string of the molecule is Cc1cc([C@H]2[C@H](c3ccccn3)NC(=S)N2C)c(C)n1Cc1ccccc1. The molecule has 27 heavy (non-hydrogen) atoms. The highest BCUT2D eigenvalue weighted by Crippen LogP contribution is 2.39. The fourth-order valence-electron chi connectivity index (χ4n) is 3.98. The molecule has 138 valence electrons. The molecule has 4 nitrogen and oxygen atoms in total. The van der Waals surface area contributed by atoms with Gasteiger partial charge < -0.3 is 14.8 Å². The van der Waals surface area contributed by atoms with Crippen molar-refractivity contribution in [3.63, 3.8) is 0 Å². The topological polar surface area (TPSA) is 33.1 Å². The second-order valence-electron chi connectivity index (χ2n) is 7.14. The van der Waals surface area contributed by atoms with Crippen molar-refractivity contribution in [2.75, 3.05) is 7.05 Å². The Kier molecular flexibility index (Phi) is 4.70. The monoisotopic (exact) mass is 376 g/mol. The number of nitrogens with zero attached hydrogens (tertiary/aromatic N) is 3. The first-order valence-electron chi connectivity index (χ1n) is 9.21. The average Bonchev–Trinajstić information content (AvgIpc) is 3.13. The van der Waals surface area contributed by atoms with Gasteiger partial charge in [0, 0.05) is 31.2 Å². The average molecular weight is 377 g/mol. The zero-order chi connectivity index (χ0) is 19.0. The molecular weight excluding hydrogens is 352 g/mol. The molecule has 0 saturated carbocycles. The fourth-order valence-corrected chi connectivity index (χ4v) is 4.22. The maximum Gasteiger partial charge on any atom is 0.169 e. The van der Waals surface area contributed by atoms with Crippen LogP contribution in [0.15, 0.2) is 60.8 Å². The Bertz CT molecular complexity index is 949. The first kappa shape index (κ1) is 17.7.